The van der Waals surface area contributed by atoms with Crippen LogP contribution >= 0.6 is 7.82 Å². The van der Waals surface area contributed by atoms with E-state index in [9.17, 15) is 19.0 Å². The number of ether oxygens (including phenoxy) is 2. The van der Waals surface area contributed by atoms with Gasteiger partial charge in [0.1, 0.15) is 6.61 Å². The number of carbonyl (C=O) groups excluding carboxylic acids is 2. The Morgan fingerprint density at radius 3 is 1.26 bits per heavy atom. The molecule has 0 aromatic rings. The molecule has 352 valence electrons. The van der Waals surface area contributed by atoms with Gasteiger partial charge in [-0.05, 0) is 90.4 Å². The molecule has 0 radical (unpaired) electrons. The molecule has 0 aromatic heterocycles. The van der Waals surface area contributed by atoms with Gasteiger partial charge in [0.05, 0.1) is 13.2 Å². The molecule has 0 fully saturated rings. The van der Waals surface area contributed by atoms with E-state index in [0.29, 0.717) is 6.42 Å². The van der Waals surface area contributed by atoms with Gasteiger partial charge in [0, 0.05) is 12.8 Å². The number of unbranched alkanes of at least 4 members (excludes halogenated alkanes) is 21. The summed E-state index contributed by atoms with van der Waals surface area (Å²) in [4.78, 5) is 34.9. The summed E-state index contributed by atoms with van der Waals surface area (Å²) in [6.45, 7) is 5.35. The van der Waals surface area contributed by atoms with Crippen molar-refractivity contribution in [3.8, 4) is 0 Å². The lowest BCUT2D eigenvalue weighted by Crippen LogP contribution is -2.29. The molecule has 0 aliphatic carbocycles. The van der Waals surface area contributed by atoms with Gasteiger partial charge in [-0.15, -0.1) is 0 Å². The summed E-state index contributed by atoms with van der Waals surface area (Å²) in [6.07, 6.45) is 59.5. The molecule has 2 atom stereocenters. The van der Waals surface area contributed by atoms with Crippen molar-refractivity contribution >= 4 is 19.8 Å². The van der Waals surface area contributed by atoms with E-state index in [2.05, 4.69) is 86.8 Å². The fourth-order valence-electron chi connectivity index (χ4n) is 6.65. The third-order valence-electron chi connectivity index (χ3n) is 10.2. The molecule has 0 spiro atoms. The molecule has 1 N–H and O–H groups in total. The highest BCUT2D eigenvalue weighted by Crippen LogP contribution is 2.43. The van der Waals surface area contributed by atoms with Crippen molar-refractivity contribution in [2.75, 3.05) is 19.8 Å². The summed E-state index contributed by atoms with van der Waals surface area (Å²) in [6, 6.07) is 0. The molecule has 0 amide bonds. The maximum atomic E-state index is 12.6. The van der Waals surface area contributed by atoms with Crippen LogP contribution in [0.3, 0.4) is 0 Å². The summed E-state index contributed by atoms with van der Waals surface area (Å²) in [5, 5.41) is 0. The first-order valence-corrected chi connectivity index (χ1v) is 26.2. The molecular weight excluding hydrogens is 784 g/mol. The zero-order valence-corrected chi connectivity index (χ0v) is 40.2. The van der Waals surface area contributed by atoms with Gasteiger partial charge in [0.15, 0.2) is 6.10 Å². The Morgan fingerprint density at radius 1 is 0.459 bits per heavy atom. The van der Waals surface area contributed by atoms with Gasteiger partial charge < -0.3 is 14.4 Å². The van der Waals surface area contributed by atoms with Crippen molar-refractivity contribution in [1.82, 2.24) is 0 Å². The second-order valence-corrected chi connectivity index (χ2v) is 17.5. The van der Waals surface area contributed by atoms with Gasteiger partial charge in [0.2, 0.25) is 0 Å². The van der Waals surface area contributed by atoms with Gasteiger partial charge in [-0.3, -0.25) is 18.6 Å². The number of rotatable bonds is 45. The van der Waals surface area contributed by atoms with Gasteiger partial charge in [-0.1, -0.05) is 189 Å². The molecule has 0 heterocycles. The Hall–Kier alpha value is -2.51. The molecule has 9 heteroatoms. The standard InChI is InChI=1S/C52H91O8P/c1-4-7-9-11-13-15-17-19-21-23-25-26-27-28-29-31-33-35-37-39-41-43-45-47-52(54)60-50(49-59-61(55,56)58-6-3)48-57-51(53)46-44-42-40-38-36-34-32-30-24-22-20-18-16-14-12-10-8-5-2/h7,9,13,15-16,18-19,21-22,24-26,50H,4-6,8,10-12,14,17,20,23,27-49H2,1-3H3,(H,55,56)/b9-7-,15-13-,18-16-,21-19-,24-22-,26-25-. The van der Waals surface area contributed by atoms with Crippen molar-refractivity contribution in [1.29, 1.82) is 0 Å². The van der Waals surface area contributed by atoms with Crippen LogP contribution in [0.15, 0.2) is 72.9 Å². The number of hydrogen-bond donors (Lipinski definition) is 1. The van der Waals surface area contributed by atoms with E-state index >= 15 is 0 Å². The Morgan fingerprint density at radius 2 is 0.836 bits per heavy atom. The second kappa shape index (κ2) is 47.0. The van der Waals surface area contributed by atoms with Crippen LogP contribution in [0.5, 0.6) is 0 Å². The summed E-state index contributed by atoms with van der Waals surface area (Å²) >= 11 is 0. The van der Waals surface area contributed by atoms with Crippen LogP contribution in [-0.2, 0) is 32.7 Å². The topological polar surface area (TPSA) is 108 Å². The van der Waals surface area contributed by atoms with Crippen molar-refractivity contribution in [3.05, 3.63) is 72.9 Å². The first-order chi connectivity index (χ1) is 29.8. The maximum Gasteiger partial charge on any atom is 0.472 e. The molecule has 0 aliphatic heterocycles. The first-order valence-electron chi connectivity index (χ1n) is 24.7. The predicted molar refractivity (Wildman–Crippen MR) is 258 cm³/mol. The van der Waals surface area contributed by atoms with E-state index in [-0.39, 0.29) is 32.0 Å². The fraction of sp³-hybridized carbons (Fsp3) is 0.731. The normalized spacial score (nSPS) is 13.8. The van der Waals surface area contributed by atoms with E-state index in [1.165, 1.54) is 89.9 Å². The molecule has 0 saturated heterocycles. The number of phosphoric acid groups is 1. The smallest absolute Gasteiger partial charge is 0.462 e. The van der Waals surface area contributed by atoms with Crippen LogP contribution in [0, 0.1) is 0 Å². The van der Waals surface area contributed by atoms with Gasteiger partial charge >= 0.3 is 19.8 Å². The zero-order chi connectivity index (χ0) is 44.6. The fourth-order valence-corrected chi connectivity index (χ4v) is 7.41. The molecule has 2 unspecified atom stereocenters. The van der Waals surface area contributed by atoms with E-state index in [0.717, 1.165) is 89.9 Å². The van der Waals surface area contributed by atoms with Gasteiger partial charge in [-0.2, -0.15) is 0 Å². The minimum Gasteiger partial charge on any atom is -0.462 e. The molecule has 0 rings (SSSR count). The van der Waals surface area contributed by atoms with Crippen LogP contribution in [0.1, 0.15) is 220 Å². The highest BCUT2D eigenvalue weighted by Gasteiger charge is 2.25. The van der Waals surface area contributed by atoms with E-state index < -0.39 is 26.5 Å². The quantitative estimate of drug-likeness (QED) is 0.0279. The monoisotopic (exact) mass is 875 g/mol. The van der Waals surface area contributed by atoms with Crippen LogP contribution in [0.2, 0.25) is 0 Å². The van der Waals surface area contributed by atoms with Crippen molar-refractivity contribution in [3.63, 3.8) is 0 Å². The zero-order valence-electron chi connectivity index (χ0n) is 39.3. The van der Waals surface area contributed by atoms with E-state index in [1.807, 2.05) is 0 Å². The Kier molecular flexibility index (Phi) is 45.0. The lowest BCUT2D eigenvalue weighted by atomic mass is 10.0. The highest BCUT2D eigenvalue weighted by molar-refractivity contribution is 7.47. The van der Waals surface area contributed by atoms with Gasteiger partial charge in [-0.25, -0.2) is 4.57 Å². The summed E-state index contributed by atoms with van der Waals surface area (Å²) in [5.41, 5.74) is 0. The minimum atomic E-state index is -4.29. The van der Waals surface area contributed by atoms with Crippen molar-refractivity contribution in [2.45, 2.75) is 226 Å². The summed E-state index contributed by atoms with van der Waals surface area (Å²) < 4.78 is 32.8. The van der Waals surface area contributed by atoms with E-state index in [1.54, 1.807) is 6.92 Å². The number of phosphoric ester groups is 1. The van der Waals surface area contributed by atoms with Crippen molar-refractivity contribution < 1.29 is 37.6 Å². The highest BCUT2D eigenvalue weighted by atomic mass is 31.2. The number of carbonyl (C=O) groups is 2. The van der Waals surface area contributed by atoms with E-state index in [4.69, 9.17) is 18.5 Å². The first kappa shape index (κ1) is 58.5. The SMILES string of the molecule is CC/C=C\C/C=C\C/C=C\C/C=C\CCCCCCCCCCCCC(=O)OC(COC(=O)CCCCCCCCC/C=C\C/C=C\CCCCCC)COP(=O)(O)OCC. The lowest BCUT2D eigenvalue weighted by Gasteiger charge is -2.19. The summed E-state index contributed by atoms with van der Waals surface area (Å²) in [5.74, 6) is -0.811. The predicted octanol–water partition coefficient (Wildman–Crippen LogP) is 16.1. The molecule has 0 bridgehead atoms. The van der Waals surface area contributed by atoms with Gasteiger partial charge in [0.25, 0.3) is 0 Å². The number of esters is 2. The lowest BCUT2D eigenvalue weighted by molar-refractivity contribution is -0.161. The van der Waals surface area contributed by atoms with Crippen LogP contribution in [-0.4, -0.2) is 42.8 Å². The molecular formula is C52H91O8P. The van der Waals surface area contributed by atoms with Crippen LogP contribution in [0.4, 0.5) is 0 Å². The number of hydrogen-bond acceptors (Lipinski definition) is 7. The Bertz CT molecular complexity index is 1220. The maximum absolute atomic E-state index is 12.6. The third kappa shape index (κ3) is 46.8. The van der Waals surface area contributed by atoms with Crippen LogP contribution < -0.4 is 0 Å². The number of allylic oxidation sites excluding steroid dienone is 12. The molecule has 0 aromatic carbocycles. The average molecular weight is 875 g/mol. The summed E-state index contributed by atoms with van der Waals surface area (Å²) in [7, 11) is -4.29. The van der Waals surface area contributed by atoms with Crippen molar-refractivity contribution in [2.24, 2.45) is 0 Å². The Balaban J connectivity index is 4.03. The molecule has 0 aliphatic rings. The second-order valence-electron chi connectivity index (χ2n) is 16.1. The molecule has 0 saturated carbocycles. The third-order valence-corrected chi connectivity index (χ3v) is 11.3. The van der Waals surface area contributed by atoms with Crippen LogP contribution in [0.25, 0.3) is 0 Å². The largest absolute Gasteiger partial charge is 0.472 e. The minimum absolute atomic E-state index is 0.00474. The molecule has 8 nitrogen and oxygen atoms in total. The average Bonchev–Trinajstić information content (AvgIpc) is 3.24. The molecule has 61 heavy (non-hydrogen) atoms. The Labute approximate surface area is 374 Å².